The van der Waals surface area contributed by atoms with Crippen molar-refractivity contribution in [2.24, 2.45) is 0 Å². The fourth-order valence-corrected chi connectivity index (χ4v) is 16.8. The number of allylic oxidation sites excluding steroid dienone is 4. The van der Waals surface area contributed by atoms with Crippen LogP contribution in [0.15, 0.2) is 23.4 Å². The first-order valence-corrected chi connectivity index (χ1v) is 20.1. The van der Waals surface area contributed by atoms with E-state index >= 15 is 0 Å². The van der Waals surface area contributed by atoms with Gasteiger partial charge in [0, 0.05) is 0 Å². The Hall–Kier alpha value is 0.786. The van der Waals surface area contributed by atoms with Crippen LogP contribution >= 0.6 is 8.92 Å². The molecule has 91 valence electrons. The summed E-state index contributed by atoms with van der Waals surface area (Å²) in [4.78, 5) is 4.64. The fraction of sp³-hybridized carbons (Fsp3) is 0.357. The van der Waals surface area contributed by atoms with Crippen LogP contribution < -0.4 is 0 Å². The minimum atomic E-state index is -2.40. The van der Waals surface area contributed by atoms with E-state index < -0.39 is 25.3 Å². The van der Waals surface area contributed by atoms with Crippen molar-refractivity contribution in [1.82, 2.24) is 0 Å². The number of rotatable bonds is 3. The molecule has 1 saturated carbocycles. The van der Waals surface area contributed by atoms with Gasteiger partial charge in [-0.05, 0) is 0 Å². The molecule has 17 heavy (non-hydrogen) atoms. The van der Waals surface area contributed by atoms with Crippen molar-refractivity contribution >= 4 is 34.2 Å². The molecule has 0 saturated heterocycles. The minimum absolute atomic E-state index is 0.586. The van der Waals surface area contributed by atoms with E-state index in [0.717, 1.165) is 0 Å². The molecule has 1 fully saturated rings. The monoisotopic (exact) mass is 371 g/mol. The molecule has 5 radical (unpaired) electrons. The molecule has 0 aromatic rings. The molecule has 0 nitrogen and oxygen atoms in total. The summed E-state index contributed by atoms with van der Waals surface area (Å²) in [6.07, 6.45) is 15.8. The third-order valence-corrected chi connectivity index (χ3v) is 15.5. The topological polar surface area (TPSA) is 0 Å². The van der Waals surface area contributed by atoms with Gasteiger partial charge in [0.25, 0.3) is 0 Å². The van der Waals surface area contributed by atoms with Crippen LogP contribution in [0.1, 0.15) is 0 Å². The van der Waals surface area contributed by atoms with Gasteiger partial charge >= 0.3 is 116 Å². The maximum absolute atomic E-state index is 6.74. The molecule has 2 aliphatic carbocycles. The molecule has 0 heterocycles. The summed E-state index contributed by atoms with van der Waals surface area (Å²) in [6, 6.07) is 0. The van der Waals surface area contributed by atoms with Crippen molar-refractivity contribution in [2.75, 3.05) is 0 Å². The molecular formula is C14H20ClSiSn. The van der Waals surface area contributed by atoms with Crippen molar-refractivity contribution < 1.29 is 0 Å². The summed E-state index contributed by atoms with van der Waals surface area (Å²) in [5.41, 5.74) is 1.53. The Balaban J connectivity index is 2.22. The van der Waals surface area contributed by atoms with Gasteiger partial charge in [0.1, 0.15) is 0 Å². The molecular weight excluding hydrogens is 350 g/mol. The molecule has 2 aliphatic rings. The summed E-state index contributed by atoms with van der Waals surface area (Å²) in [7, 11) is 5.24. The predicted octanol–water partition coefficient (Wildman–Crippen LogP) is 4.49. The van der Waals surface area contributed by atoms with Crippen molar-refractivity contribution in [3.63, 3.8) is 0 Å². The predicted molar refractivity (Wildman–Crippen MR) is 82.2 cm³/mol. The van der Waals surface area contributed by atoms with E-state index in [1.54, 1.807) is 5.20 Å². The third kappa shape index (κ3) is 2.87. The van der Waals surface area contributed by atoms with Crippen LogP contribution in [0.4, 0.5) is 0 Å². The first kappa shape index (κ1) is 14.2. The number of hydrogen-bond donors (Lipinski definition) is 0. The molecule has 3 heteroatoms. The van der Waals surface area contributed by atoms with Gasteiger partial charge in [-0.15, -0.1) is 0 Å². The van der Waals surface area contributed by atoms with Crippen LogP contribution in [-0.4, -0.2) is 25.3 Å². The number of halogens is 1. The van der Waals surface area contributed by atoms with E-state index in [4.69, 9.17) is 8.92 Å². The summed E-state index contributed by atoms with van der Waals surface area (Å²) in [5, 5.41) is 1.64. The van der Waals surface area contributed by atoms with Gasteiger partial charge in [-0.3, -0.25) is 0 Å². The van der Waals surface area contributed by atoms with Crippen LogP contribution in [0.25, 0.3) is 0 Å². The molecule has 0 aliphatic heterocycles. The van der Waals surface area contributed by atoms with Gasteiger partial charge in [0.15, 0.2) is 0 Å². The van der Waals surface area contributed by atoms with Crippen LogP contribution in [-0.2, 0) is 0 Å². The Morgan fingerprint density at radius 3 is 2.29 bits per heavy atom. The second-order valence-electron chi connectivity index (χ2n) is 5.85. The van der Waals surface area contributed by atoms with Crippen molar-refractivity contribution in [3.8, 4) is 0 Å². The molecule has 1 atom stereocenters. The zero-order chi connectivity index (χ0) is 12.7. The normalized spacial score (nSPS) is 26.6. The Morgan fingerprint density at radius 1 is 1.18 bits per heavy atom. The van der Waals surface area contributed by atoms with E-state index in [1.165, 1.54) is 5.54 Å². The Labute approximate surface area is 115 Å². The van der Waals surface area contributed by atoms with E-state index in [-0.39, 0.29) is 0 Å². The molecule has 0 aromatic heterocycles. The average molecular weight is 371 g/mol. The third-order valence-electron chi connectivity index (χ3n) is 3.76. The second-order valence-corrected chi connectivity index (χ2v) is 27.5. The quantitative estimate of drug-likeness (QED) is 0.642. The van der Waals surface area contributed by atoms with Crippen LogP contribution in [0.2, 0.25) is 26.9 Å². The zero-order valence-electron chi connectivity index (χ0n) is 11.0. The van der Waals surface area contributed by atoms with E-state index in [2.05, 4.69) is 66.9 Å². The number of hydrogen-bond acceptors (Lipinski definition) is 0. The molecule has 1 unspecified atom stereocenters. The Morgan fingerprint density at radius 2 is 1.76 bits per heavy atom. The molecule has 0 amide bonds. The molecule has 0 bridgehead atoms. The van der Waals surface area contributed by atoms with Crippen molar-refractivity contribution in [2.45, 2.75) is 26.9 Å². The van der Waals surface area contributed by atoms with E-state index in [1.807, 2.05) is 0 Å². The second kappa shape index (κ2) is 5.05. The van der Waals surface area contributed by atoms with Gasteiger partial charge in [0.2, 0.25) is 0 Å². The van der Waals surface area contributed by atoms with Gasteiger partial charge in [0.05, 0.1) is 0 Å². The SMILES string of the molecule is C[Si](C)([C]1[CH][CH][CH][CH]1)C1=CC=C[CH]1[Sn]([CH3])([CH3])[Cl]. The molecule has 2 rings (SSSR count). The average Bonchev–Trinajstić information content (AvgIpc) is 2.89. The van der Waals surface area contributed by atoms with Crippen molar-refractivity contribution in [1.29, 1.82) is 0 Å². The summed E-state index contributed by atoms with van der Waals surface area (Å²) >= 11 is -2.40. The van der Waals surface area contributed by atoms with Gasteiger partial charge in [-0.25, -0.2) is 0 Å². The summed E-state index contributed by atoms with van der Waals surface area (Å²) in [5.74, 6) is 0. The summed E-state index contributed by atoms with van der Waals surface area (Å²) in [6.45, 7) is 4.89. The van der Waals surface area contributed by atoms with E-state index in [0.29, 0.717) is 3.93 Å². The van der Waals surface area contributed by atoms with Gasteiger partial charge in [-0.1, -0.05) is 0 Å². The van der Waals surface area contributed by atoms with E-state index in [9.17, 15) is 0 Å². The Bertz CT molecular complexity index is 346. The summed E-state index contributed by atoms with van der Waals surface area (Å²) < 4.78 is 0.586. The molecule has 0 aromatic carbocycles. The molecule has 0 spiro atoms. The van der Waals surface area contributed by atoms with Gasteiger partial charge < -0.3 is 0 Å². The Kier molecular flexibility index (Phi) is 4.22. The van der Waals surface area contributed by atoms with Gasteiger partial charge in [-0.2, -0.15) is 0 Å². The first-order chi connectivity index (χ1) is 7.83. The van der Waals surface area contributed by atoms with Crippen LogP contribution in [0.5, 0.6) is 0 Å². The van der Waals surface area contributed by atoms with Crippen molar-refractivity contribution in [3.05, 3.63) is 54.6 Å². The standard InChI is InChI=1S/C12H14Si.2CH3.ClH.Sn/c1-13(2,11-7-3-4-8-11)12-9-5-6-10-12;;;;/h3-10H,1-2H3;2*1H3;1H;/q;;;;+1/p-1. The zero-order valence-corrected chi connectivity index (χ0v) is 15.6. The first-order valence-electron chi connectivity index (χ1n) is 6.13. The van der Waals surface area contributed by atoms with Crippen LogP contribution in [0.3, 0.4) is 0 Å². The fourth-order valence-electron chi connectivity index (χ4n) is 2.63. The van der Waals surface area contributed by atoms with Crippen LogP contribution in [0, 0.1) is 31.2 Å². The molecule has 0 N–H and O–H groups in total. The maximum atomic E-state index is 6.74.